The molecule has 30 heavy (non-hydrogen) atoms. The molecule has 1 atom stereocenters. The Morgan fingerprint density at radius 3 is 2.50 bits per heavy atom. The highest BCUT2D eigenvalue weighted by Gasteiger charge is 2.16. The minimum Gasteiger partial charge on any atom is -0.489 e. The van der Waals surface area contributed by atoms with E-state index in [1.165, 1.54) is 0 Å². The number of rotatable bonds is 8. The lowest BCUT2D eigenvalue weighted by molar-refractivity contribution is 0.0941. The fraction of sp³-hybridized carbons (Fsp3) is 0.200. The average molecular weight is 399 g/mol. The minimum atomic E-state index is -0.152. The number of carbonyl (C=O) groups is 1. The monoisotopic (exact) mass is 399 g/mol. The highest BCUT2D eigenvalue weighted by molar-refractivity contribution is 5.94. The van der Waals surface area contributed by atoms with E-state index in [1.807, 2.05) is 50.5 Å². The van der Waals surface area contributed by atoms with Gasteiger partial charge in [-0.15, -0.1) is 0 Å². The number of nitriles is 1. The molecule has 0 fully saturated rings. The van der Waals surface area contributed by atoms with Crippen LogP contribution in [0.5, 0.6) is 5.75 Å². The predicted octanol–water partition coefficient (Wildman–Crippen LogP) is 4.17. The van der Waals surface area contributed by atoms with Crippen LogP contribution in [0, 0.1) is 11.3 Å². The number of hydrogen-bond donors (Lipinski definition) is 1. The molecule has 3 aromatic carbocycles. The summed E-state index contributed by atoms with van der Waals surface area (Å²) in [7, 11) is 3.99. The number of benzene rings is 3. The van der Waals surface area contributed by atoms with Crippen molar-refractivity contribution in [2.24, 2.45) is 0 Å². The van der Waals surface area contributed by atoms with E-state index >= 15 is 0 Å². The van der Waals surface area contributed by atoms with Gasteiger partial charge in [0, 0.05) is 17.7 Å². The van der Waals surface area contributed by atoms with E-state index in [-0.39, 0.29) is 18.6 Å². The number of likely N-dealkylation sites (N-methyl/N-ethyl adjacent to an activating group) is 1. The van der Waals surface area contributed by atoms with E-state index < -0.39 is 0 Å². The third kappa shape index (κ3) is 5.47. The predicted molar refractivity (Wildman–Crippen MR) is 117 cm³/mol. The molecule has 0 aliphatic carbocycles. The van der Waals surface area contributed by atoms with Gasteiger partial charge in [-0.25, -0.2) is 0 Å². The maximum absolute atomic E-state index is 12.7. The molecule has 5 nitrogen and oxygen atoms in total. The van der Waals surface area contributed by atoms with Gasteiger partial charge in [0.2, 0.25) is 0 Å². The van der Waals surface area contributed by atoms with Crippen molar-refractivity contribution in [1.29, 1.82) is 5.26 Å². The van der Waals surface area contributed by atoms with Crippen molar-refractivity contribution in [2.45, 2.75) is 12.6 Å². The quantitative estimate of drug-likeness (QED) is 0.617. The molecule has 0 radical (unpaired) electrons. The summed E-state index contributed by atoms with van der Waals surface area (Å²) in [6.07, 6.45) is 0. The molecule has 3 rings (SSSR count). The van der Waals surface area contributed by atoms with Gasteiger partial charge in [0.25, 0.3) is 5.91 Å². The van der Waals surface area contributed by atoms with E-state index in [2.05, 4.69) is 28.4 Å². The highest BCUT2D eigenvalue weighted by atomic mass is 16.5. The third-order valence-electron chi connectivity index (χ3n) is 4.89. The maximum Gasteiger partial charge on any atom is 0.251 e. The van der Waals surface area contributed by atoms with Crippen molar-refractivity contribution in [2.75, 3.05) is 20.6 Å². The van der Waals surface area contributed by atoms with Gasteiger partial charge in [-0.2, -0.15) is 5.26 Å². The molecular weight excluding hydrogens is 374 g/mol. The van der Waals surface area contributed by atoms with Gasteiger partial charge in [0.05, 0.1) is 17.7 Å². The summed E-state index contributed by atoms with van der Waals surface area (Å²) in [5.74, 6) is 0.434. The van der Waals surface area contributed by atoms with Gasteiger partial charge in [-0.05, 0) is 43.9 Å². The first-order chi connectivity index (χ1) is 14.6. The number of nitrogens with zero attached hydrogens (tertiary/aromatic N) is 2. The molecular formula is C25H25N3O2. The second-order valence-corrected chi connectivity index (χ2v) is 7.19. The lowest BCUT2D eigenvalue weighted by Crippen LogP contribution is -2.34. The second-order valence-electron chi connectivity index (χ2n) is 7.19. The topological polar surface area (TPSA) is 65.4 Å². The standard InChI is InChI=1S/C25H25N3O2/c1-28(2)24(19-9-4-3-5-10-19)17-27-25(29)20-13-8-14-23(15-20)30-18-22-12-7-6-11-21(22)16-26/h3-15,24H,17-18H2,1-2H3,(H,27,29). The average Bonchev–Trinajstić information content (AvgIpc) is 2.78. The van der Waals surface area contributed by atoms with Crippen LogP contribution in [-0.4, -0.2) is 31.4 Å². The van der Waals surface area contributed by atoms with Crippen LogP contribution < -0.4 is 10.1 Å². The third-order valence-corrected chi connectivity index (χ3v) is 4.89. The maximum atomic E-state index is 12.7. The van der Waals surface area contributed by atoms with Crippen LogP contribution in [0.25, 0.3) is 0 Å². The summed E-state index contributed by atoms with van der Waals surface area (Å²) in [6, 6.07) is 26.7. The number of nitrogens with one attached hydrogen (secondary N) is 1. The molecule has 1 amide bonds. The van der Waals surface area contributed by atoms with Gasteiger partial charge < -0.3 is 15.0 Å². The molecule has 0 saturated heterocycles. The molecule has 0 aliphatic rings. The van der Waals surface area contributed by atoms with Gasteiger partial charge >= 0.3 is 0 Å². The first-order valence-corrected chi connectivity index (χ1v) is 9.79. The van der Waals surface area contributed by atoms with Crippen LogP contribution in [0.2, 0.25) is 0 Å². The molecule has 0 spiro atoms. The zero-order valence-electron chi connectivity index (χ0n) is 17.2. The molecule has 0 aromatic heterocycles. The molecule has 1 N–H and O–H groups in total. The Kier molecular flexibility index (Phi) is 7.20. The van der Waals surface area contributed by atoms with Crippen molar-refractivity contribution in [3.05, 3.63) is 101 Å². The molecule has 0 aliphatic heterocycles. The SMILES string of the molecule is CN(C)C(CNC(=O)c1cccc(OCc2ccccc2C#N)c1)c1ccccc1. The molecule has 5 heteroatoms. The number of ether oxygens (including phenoxy) is 1. The van der Waals surface area contributed by atoms with Crippen LogP contribution in [0.3, 0.4) is 0 Å². The first kappa shape index (κ1) is 21.1. The number of hydrogen-bond acceptors (Lipinski definition) is 4. The Morgan fingerprint density at radius 1 is 1.03 bits per heavy atom. The van der Waals surface area contributed by atoms with Crippen LogP contribution in [0.1, 0.15) is 33.1 Å². The summed E-state index contributed by atoms with van der Waals surface area (Å²) in [4.78, 5) is 14.8. The zero-order valence-corrected chi connectivity index (χ0v) is 17.2. The van der Waals surface area contributed by atoms with Crippen molar-refractivity contribution in [1.82, 2.24) is 10.2 Å². The lowest BCUT2D eigenvalue weighted by Gasteiger charge is -2.25. The summed E-state index contributed by atoms with van der Waals surface area (Å²) in [5.41, 5.74) is 3.08. The molecule has 3 aromatic rings. The second kappa shape index (κ2) is 10.2. The summed E-state index contributed by atoms with van der Waals surface area (Å²) in [6.45, 7) is 0.766. The summed E-state index contributed by atoms with van der Waals surface area (Å²) < 4.78 is 5.82. The van der Waals surface area contributed by atoms with Gasteiger partial charge in [-0.3, -0.25) is 4.79 Å². The first-order valence-electron chi connectivity index (χ1n) is 9.79. The van der Waals surface area contributed by atoms with E-state index in [1.54, 1.807) is 30.3 Å². The Balaban J connectivity index is 1.63. The fourth-order valence-corrected chi connectivity index (χ4v) is 3.21. The lowest BCUT2D eigenvalue weighted by atomic mass is 10.1. The van der Waals surface area contributed by atoms with Gasteiger partial charge in [0.1, 0.15) is 12.4 Å². The van der Waals surface area contributed by atoms with Crippen molar-refractivity contribution < 1.29 is 9.53 Å². The Bertz CT molecular complexity index is 1030. The van der Waals surface area contributed by atoms with Crippen LogP contribution >= 0.6 is 0 Å². The van der Waals surface area contributed by atoms with Gasteiger partial charge in [0.15, 0.2) is 0 Å². The molecule has 1 unspecified atom stereocenters. The van der Waals surface area contributed by atoms with Crippen molar-refractivity contribution in [3.8, 4) is 11.8 Å². The summed E-state index contributed by atoms with van der Waals surface area (Å²) >= 11 is 0. The van der Waals surface area contributed by atoms with Gasteiger partial charge in [-0.1, -0.05) is 54.6 Å². The van der Waals surface area contributed by atoms with E-state index in [0.717, 1.165) is 11.1 Å². The van der Waals surface area contributed by atoms with E-state index in [9.17, 15) is 10.1 Å². The fourth-order valence-electron chi connectivity index (χ4n) is 3.21. The molecule has 0 bridgehead atoms. The normalized spacial score (nSPS) is 11.5. The molecule has 0 saturated carbocycles. The summed E-state index contributed by atoms with van der Waals surface area (Å²) in [5, 5.41) is 12.2. The molecule has 152 valence electrons. The highest BCUT2D eigenvalue weighted by Crippen LogP contribution is 2.19. The van der Waals surface area contributed by atoms with Crippen LogP contribution in [-0.2, 0) is 6.61 Å². The Labute approximate surface area is 177 Å². The Morgan fingerprint density at radius 2 is 1.77 bits per heavy atom. The van der Waals surface area contributed by atoms with E-state index in [0.29, 0.717) is 23.4 Å². The molecule has 0 heterocycles. The van der Waals surface area contributed by atoms with Crippen molar-refractivity contribution in [3.63, 3.8) is 0 Å². The number of amides is 1. The minimum absolute atomic E-state index is 0.0806. The smallest absolute Gasteiger partial charge is 0.251 e. The number of carbonyl (C=O) groups excluding carboxylic acids is 1. The van der Waals surface area contributed by atoms with E-state index in [4.69, 9.17) is 4.74 Å². The largest absolute Gasteiger partial charge is 0.489 e. The Hall–Kier alpha value is -3.62. The van der Waals surface area contributed by atoms with Crippen LogP contribution in [0.15, 0.2) is 78.9 Å². The zero-order chi connectivity index (χ0) is 21.3. The van der Waals surface area contributed by atoms with Crippen molar-refractivity contribution >= 4 is 5.91 Å². The van der Waals surface area contributed by atoms with Crippen LogP contribution in [0.4, 0.5) is 0 Å².